The van der Waals surface area contributed by atoms with Gasteiger partial charge in [-0.1, -0.05) is 41.9 Å². The van der Waals surface area contributed by atoms with E-state index in [-0.39, 0.29) is 17.0 Å². The average molecular weight is 444 g/mol. The van der Waals surface area contributed by atoms with Crippen molar-refractivity contribution < 1.29 is 9.18 Å². The summed E-state index contributed by atoms with van der Waals surface area (Å²) >= 11 is 3.41. The predicted octanol–water partition coefficient (Wildman–Crippen LogP) is 3.84. The van der Waals surface area contributed by atoms with E-state index < -0.39 is 11.4 Å². The molecule has 2 aromatic carbocycles. The predicted molar refractivity (Wildman–Crippen MR) is 109 cm³/mol. The molecule has 3 rings (SSSR count). The fourth-order valence-electron chi connectivity index (χ4n) is 2.69. The molecule has 28 heavy (non-hydrogen) atoms. The van der Waals surface area contributed by atoms with Crippen LogP contribution < -0.4 is 10.9 Å². The molecule has 0 saturated heterocycles. The van der Waals surface area contributed by atoms with E-state index in [1.165, 1.54) is 36.4 Å². The minimum atomic E-state index is -0.416. The van der Waals surface area contributed by atoms with Crippen molar-refractivity contribution in [3.63, 3.8) is 0 Å². The van der Waals surface area contributed by atoms with Crippen LogP contribution in [0.15, 0.2) is 69.9 Å². The molecular formula is C21H19BrFN3O2. The van der Waals surface area contributed by atoms with Gasteiger partial charge in [0.25, 0.3) is 11.5 Å². The summed E-state index contributed by atoms with van der Waals surface area (Å²) in [4.78, 5) is 24.6. The van der Waals surface area contributed by atoms with Crippen molar-refractivity contribution in [1.29, 1.82) is 0 Å². The third-order valence-electron chi connectivity index (χ3n) is 4.42. The average Bonchev–Trinajstić information content (AvgIpc) is 2.68. The van der Waals surface area contributed by atoms with Crippen molar-refractivity contribution in [3.05, 3.63) is 92.6 Å². The highest BCUT2D eigenvalue weighted by Crippen LogP contribution is 2.24. The van der Waals surface area contributed by atoms with E-state index in [0.29, 0.717) is 12.2 Å². The maximum atomic E-state index is 13.1. The van der Waals surface area contributed by atoms with Gasteiger partial charge in [0.2, 0.25) is 0 Å². The van der Waals surface area contributed by atoms with Crippen molar-refractivity contribution in [2.45, 2.75) is 19.3 Å². The van der Waals surface area contributed by atoms with Crippen molar-refractivity contribution in [3.8, 4) is 5.69 Å². The van der Waals surface area contributed by atoms with E-state index >= 15 is 0 Å². The van der Waals surface area contributed by atoms with E-state index in [1.807, 2.05) is 38.1 Å². The number of carbonyl (C=O) groups excluding carboxylic acids is 1. The number of amides is 1. The summed E-state index contributed by atoms with van der Waals surface area (Å²) in [6.07, 6.45) is 0. The van der Waals surface area contributed by atoms with Crippen LogP contribution >= 0.6 is 15.9 Å². The Morgan fingerprint density at radius 3 is 2.36 bits per heavy atom. The maximum Gasteiger partial charge on any atom is 0.271 e. The molecule has 1 aromatic heterocycles. The SMILES string of the molecule is CC(C)(CNC(=O)c1ccc(=O)n(-c2ccc(F)cc2)n1)c1ccc(Br)cc1. The number of aromatic nitrogens is 2. The van der Waals surface area contributed by atoms with Crippen LogP contribution in [0, 0.1) is 5.82 Å². The molecule has 1 amide bonds. The molecule has 0 aliphatic rings. The first-order valence-electron chi connectivity index (χ1n) is 8.67. The first-order chi connectivity index (χ1) is 13.3. The fraction of sp³-hybridized carbons (Fsp3) is 0.190. The number of halogens is 2. The second-order valence-electron chi connectivity index (χ2n) is 7.02. The summed E-state index contributed by atoms with van der Waals surface area (Å²) in [5, 5.41) is 6.99. The Kier molecular flexibility index (Phi) is 5.74. The monoisotopic (exact) mass is 443 g/mol. The first kappa shape index (κ1) is 19.9. The lowest BCUT2D eigenvalue weighted by Crippen LogP contribution is -2.37. The van der Waals surface area contributed by atoms with Crippen LogP contribution in [0.5, 0.6) is 0 Å². The standard InChI is InChI=1S/C21H19BrFN3O2/c1-21(2,14-3-5-15(22)6-4-14)13-24-20(28)18-11-12-19(27)26(25-18)17-9-7-16(23)8-10-17/h3-12H,13H2,1-2H3,(H,24,28). The zero-order valence-corrected chi connectivity index (χ0v) is 17.0. The topological polar surface area (TPSA) is 64.0 Å². The van der Waals surface area contributed by atoms with E-state index in [4.69, 9.17) is 0 Å². The van der Waals surface area contributed by atoms with Gasteiger partial charge < -0.3 is 5.32 Å². The van der Waals surface area contributed by atoms with Gasteiger partial charge in [0, 0.05) is 22.5 Å². The second-order valence-corrected chi connectivity index (χ2v) is 7.93. The maximum absolute atomic E-state index is 13.1. The summed E-state index contributed by atoms with van der Waals surface area (Å²) < 4.78 is 15.2. The molecule has 0 saturated carbocycles. The minimum Gasteiger partial charge on any atom is -0.350 e. The summed E-state index contributed by atoms with van der Waals surface area (Å²) in [5.41, 5.74) is 0.882. The number of nitrogens with one attached hydrogen (secondary N) is 1. The molecule has 0 spiro atoms. The molecule has 3 aromatic rings. The zero-order chi connectivity index (χ0) is 20.3. The molecule has 0 atom stereocenters. The molecule has 1 N–H and O–H groups in total. The lowest BCUT2D eigenvalue weighted by Gasteiger charge is -2.25. The molecule has 0 bridgehead atoms. The lowest BCUT2D eigenvalue weighted by atomic mass is 9.84. The molecule has 0 aliphatic carbocycles. The van der Waals surface area contributed by atoms with Gasteiger partial charge in [-0.3, -0.25) is 9.59 Å². The van der Waals surface area contributed by atoms with Crippen LogP contribution in [0.1, 0.15) is 29.9 Å². The first-order valence-corrected chi connectivity index (χ1v) is 9.46. The summed E-state index contributed by atoms with van der Waals surface area (Å²) in [5.74, 6) is -0.804. The third kappa shape index (κ3) is 4.54. The second kappa shape index (κ2) is 8.06. The van der Waals surface area contributed by atoms with Gasteiger partial charge in [-0.25, -0.2) is 4.39 Å². The molecule has 0 fully saturated rings. The van der Waals surface area contributed by atoms with Crippen molar-refractivity contribution in [2.75, 3.05) is 6.54 Å². The number of carbonyl (C=O) groups is 1. The number of hydrogen-bond donors (Lipinski definition) is 1. The van der Waals surface area contributed by atoms with E-state index in [2.05, 4.69) is 26.3 Å². The summed E-state index contributed by atoms with van der Waals surface area (Å²) in [7, 11) is 0. The van der Waals surface area contributed by atoms with Crippen LogP contribution in [0.2, 0.25) is 0 Å². The van der Waals surface area contributed by atoms with Crippen LogP contribution in [0.4, 0.5) is 4.39 Å². The van der Waals surface area contributed by atoms with Gasteiger partial charge in [0.05, 0.1) is 5.69 Å². The molecule has 0 radical (unpaired) electrons. The Hall–Kier alpha value is -2.80. The van der Waals surface area contributed by atoms with E-state index in [1.54, 1.807) is 0 Å². The summed E-state index contributed by atoms with van der Waals surface area (Å²) in [6, 6.07) is 15.9. The third-order valence-corrected chi connectivity index (χ3v) is 4.95. The van der Waals surface area contributed by atoms with E-state index in [9.17, 15) is 14.0 Å². The molecule has 0 unspecified atom stereocenters. The van der Waals surface area contributed by atoms with Crippen LogP contribution in [0.3, 0.4) is 0 Å². The Balaban J connectivity index is 1.77. The van der Waals surface area contributed by atoms with Gasteiger partial charge in [-0.15, -0.1) is 0 Å². The molecule has 1 heterocycles. The normalized spacial score (nSPS) is 11.3. The Morgan fingerprint density at radius 1 is 1.07 bits per heavy atom. The van der Waals surface area contributed by atoms with Crippen LogP contribution in [-0.2, 0) is 5.41 Å². The van der Waals surface area contributed by atoms with Crippen molar-refractivity contribution in [1.82, 2.24) is 15.1 Å². The molecular weight excluding hydrogens is 425 g/mol. The van der Waals surface area contributed by atoms with Crippen molar-refractivity contribution >= 4 is 21.8 Å². The molecule has 144 valence electrons. The van der Waals surface area contributed by atoms with Crippen LogP contribution in [-0.4, -0.2) is 22.2 Å². The number of rotatable bonds is 5. The smallest absolute Gasteiger partial charge is 0.271 e. The highest BCUT2D eigenvalue weighted by Gasteiger charge is 2.22. The summed E-state index contributed by atoms with van der Waals surface area (Å²) in [6.45, 7) is 4.46. The van der Waals surface area contributed by atoms with Gasteiger partial charge in [0.15, 0.2) is 0 Å². The minimum absolute atomic E-state index is 0.107. The number of benzene rings is 2. The molecule has 7 heteroatoms. The quantitative estimate of drug-likeness (QED) is 0.651. The Morgan fingerprint density at radius 2 is 1.71 bits per heavy atom. The van der Waals surface area contributed by atoms with Crippen molar-refractivity contribution in [2.24, 2.45) is 0 Å². The zero-order valence-electron chi connectivity index (χ0n) is 15.4. The van der Waals surface area contributed by atoms with E-state index in [0.717, 1.165) is 14.7 Å². The van der Waals surface area contributed by atoms with Gasteiger partial charge in [-0.05, 0) is 48.0 Å². The number of nitrogens with zero attached hydrogens (tertiary/aromatic N) is 2. The Labute approximate surface area is 170 Å². The van der Waals surface area contributed by atoms with Gasteiger partial charge in [0.1, 0.15) is 11.5 Å². The largest absolute Gasteiger partial charge is 0.350 e. The Bertz CT molecular complexity index is 1040. The highest BCUT2D eigenvalue weighted by molar-refractivity contribution is 9.10. The van der Waals surface area contributed by atoms with Gasteiger partial charge >= 0.3 is 0 Å². The number of hydrogen-bond acceptors (Lipinski definition) is 3. The highest BCUT2D eigenvalue weighted by atomic mass is 79.9. The van der Waals surface area contributed by atoms with Crippen LogP contribution in [0.25, 0.3) is 5.69 Å². The fourth-order valence-corrected chi connectivity index (χ4v) is 2.96. The molecule has 0 aliphatic heterocycles. The lowest BCUT2D eigenvalue weighted by molar-refractivity contribution is 0.0939. The molecule has 5 nitrogen and oxygen atoms in total. The van der Waals surface area contributed by atoms with Gasteiger partial charge in [-0.2, -0.15) is 9.78 Å².